The summed E-state index contributed by atoms with van der Waals surface area (Å²) in [6.45, 7) is -0.927. The molecule has 1 aromatic carbocycles. The Hall–Kier alpha value is -2.09. The van der Waals surface area contributed by atoms with Crippen LogP contribution in [0.15, 0.2) is 35.8 Å². The molecular formula is C15H13F3N2O2S. The van der Waals surface area contributed by atoms with E-state index in [2.05, 4.69) is 4.98 Å². The van der Waals surface area contributed by atoms with Gasteiger partial charge in [-0.15, -0.1) is 0 Å². The van der Waals surface area contributed by atoms with Crippen molar-refractivity contribution in [1.29, 1.82) is 0 Å². The monoisotopic (exact) mass is 342 g/mol. The number of hydrogen-bond acceptors (Lipinski definition) is 4. The molecule has 122 valence electrons. The second kappa shape index (κ2) is 6.19. The van der Waals surface area contributed by atoms with Crippen molar-refractivity contribution in [2.75, 3.05) is 19.8 Å². The molecule has 0 bridgehead atoms. The third kappa shape index (κ3) is 3.31. The summed E-state index contributed by atoms with van der Waals surface area (Å²) in [5, 5.41) is 2.35. The summed E-state index contributed by atoms with van der Waals surface area (Å²) in [5.41, 5.74) is -0.152. The zero-order valence-corrected chi connectivity index (χ0v) is 12.7. The molecule has 1 amide bonds. The fourth-order valence-corrected chi connectivity index (χ4v) is 2.76. The maximum atomic E-state index is 13.2. The topological polar surface area (TPSA) is 42.4 Å². The third-order valence-electron chi connectivity index (χ3n) is 3.53. The molecule has 1 saturated heterocycles. The SMILES string of the molecule is O=C(c1ccc(C(F)(F)CF)cc1)N1CC(Oc2nccs2)C1. The number of halogens is 3. The van der Waals surface area contributed by atoms with Crippen LogP contribution >= 0.6 is 11.3 Å². The van der Waals surface area contributed by atoms with Gasteiger partial charge in [-0.05, 0) is 12.1 Å². The molecule has 2 aromatic rings. The van der Waals surface area contributed by atoms with E-state index in [4.69, 9.17) is 4.74 Å². The summed E-state index contributed by atoms with van der Waals surface area (Å²) in [6, 6.07) is 4.73. The lowest BCUT2D eigenvalue weighted by Crippen LogP contribution is -2.56. The van der Waals surface area contributed by atoms with Crippen LogP contribution in [0.4, 0.5) is 13.2 Å². The van der Waals surface area contributed by atoms with Crippen molar-refractivity contribution in [2.24, 2.45) is 0 Å². The van der Waals surface area contributed by atoms with E-state index < -0.39 is 18.2 Å². The molecule has 0 saturated carbocycles. The third-order valence-corrected chi connectivity index (χ3v) is 4.20. The summed E-state index contributed by atoms with van der Waals surface area (Å²) in [5.74, 6) is -3.79. The molecule has 2 heterocycles. The second-order valence-corrected chi connectivity index (χ2v) is 6.02. The first-order chi connectivity index (χ1) is 11.0. The molecule has 0 spiro atoms. The van der Waals surface area contributed by atoms with Crippen LogP contribution < -0.4 is 4.74 Å². The van der Waals surface area contributed by atoms with E-state index in [1.807, 2.05) is 0 Å². The van der Waals surface area contributed by atoms with Gasteiger partial charge < -0.3 is 9.64 Å². The number of ether oxygens (including phenoxy) is 1. The minimum Gasteiger partial charge on any atom is -0.463 e. The Labute approximate surface area is 134 Å². The van der Waals surface area contributed by atoms with Gasteiger partial charge in [-0.3, -0.25) is 4.79 Å². The Bertz CT molecular complexity index is 671. The number of rotatable bonds is 5. The van der Waals surface area contributed by atoms with Crippen molar-refractivity contribution in [1.82, 2.24) is 9.88 Å². The lowest BCUT2D eigenvalue weighted by molar-refractivity contribution is -0.0281. The Morgan fingerprint density at radius 2 is 2.04 bits per heavy atom. The van der Waals surface area contributed by atoms with E-state index in [1.54, 1.807) is 16.5 Å². The first-order valence-electron chi connectivity index (χ1n) is 6.89. The van der Waals surface area contributed by atoms with E-state index in [0.717, 1.165) is 12.1 Å². The van der Waals surface area contributed by atoms with E-state index in [-0.39, 0.29) is 17.6 Å². The number of likely N-dealkylation sites (tertiary alicyclic amines) is 1. The highest BCUT2D eigenvalue weighted by Crippen LogP contribution is 2.29. The van der Waals surface area contributed by atoms with Crippen LogP contribution in [0.1, 0.15) is 15.9 Å². The number of amides is 1. The first kappa shape index (κ1) is 15.8. The lowest BCUT2D eigenvalue weighted by atomic mass is 10.0. The molecule has 0 atom stereocenters. The molecule has 0 unspecified atom stereocenters. The fourth-order valence-electron chi connectivity index (χ4n) is 2.21. The molecule has 0 aliphatic carbocycles. The lowest BCUT2D eigenvalue weighted by Gasteiger charge is -2.38. The maximum Gasteiger partial charge on any atom is 0.301 e. The van der Waals surface area contributed by atoms with Crippen molar-refractivity contribution < 1.29 is 22.7 Å². The highest BCUT2D eigenvalue weighted by molar-refractivity contribution is 7.11. The van der Waals surface area contributed by atoms with E-state index >= 15 is 0 Å². The number of alkyl halides is 3. The van der Waals surface area contributed by atoms with Gasteiger partial charge in [0, 0.05) is 22.7 Å². The molecular weight excluding hydrogens is 329 g/mol. The predicted octanol–water partition coefficient (Wildman–Crippen LogP) is 3.11. The molecule has 0 N–H and O–H groups in total. The van der Waals surface area contributed by atoms with Gasteiger partial charge >= 0.3 is 5.92 Å². The van der Waals surface area contributed by atoms with Crippen LogP contribution in [-0.2, 0) is 5.92 Å². The van der Waals surface area contributed by atoms with Crippen LogP contribution in [0.2, 0.25) is 0 Å². The van der Waals surface area contributed by atoms with Crippen LogP contribution in [0.3, 0.4) is 0 Å². The van der Waals surface area contributed by atoms with Gasteiger partial charge in [0.05, 0.1) is 13.1 Å². The number of thiazole rings is 1. The van der Waals surface area contributed by atoms with Crippen molar-refractivity contribution in [3.63, 3.8) is 0 Å². The molecule has 8 heteroatoms. The number of carbonyl (C=O) groups excluding carboxylic acids is 1. The van der Waals surface area contributed by atoms with Crippen molar-refractivity contribution in [3.8, 4) is 5.19 Å². The summed E-state index contributed by atoms with van der Waals surface area (Å²) in [7, 11) is 0. The van der Waals surface area contributed by atoms with Gasteiger partial charge in [0.2, 0.25) is 0 Å². The number of aromatic nitrogens is 1. The Balaban J connectivity index is 1.57. The first-order valence-corrected chi connectivity index (χ1v) is 7.77. The molecule has 1 aliphatic rings. The Kier molecular flexibility index (Phi) is 4.25. The van der Waals surface area contributed by atoms with Crippen LogP contribution in [-0.4, -0.2) is 41.7 Å². The quantitative estimate of drug-likeness (QED) is 0.838. The summed E-state index contributed by atoms with van der Waals surface area (Å²) in [6.07, 6.45) is 1.52. The van der Waals surface area contributed by atoms with Gasteiger partial charge in [0.15, 0.2) is 6.67 Å². The largest absolute Gasteiger partial charge is 0.463 e. The van der Waals surface area contributed by atoms with Crippen molar-refractivity contribution >= 4 is 17.2 Å². The number of benzene rings is 1. The van der Waals surface area contributed by atoms with Crippen LogP contribution in [0.5, 0.6) is 5.19 Å². The van der Waals surface area contributed by atoms with Crippen LogP contribution in [0.25, 0.3) is 0 Å². The van der Waals surface area contributed by atoms with Gasteiger partial charge in [-0.2, -0.15) is 8.78 Å². The highest BCUT2D eigenvalue weighted by atomic mass is 32.1. The molecule has 0 radical (unpaired) electrons. The molecule has 1 aliphatic heterocycles. The normalized spacial score (nSPS) is 15.3. The number of carbonyl (C=O) groups is 1. The van der Waals surface area contributed by atoms with Crippen LogP contribution in [0, 0.1) is 0 Å². The van der Waals surface area contributed by atoms with Gasteiger partial charge in [0.1, 0.15) is 6.10 Å². The average molecular weight is 342 g/mol. The fraction of sp³-hybridized carbons (Fsp3) is 0.333. The molecule has 23 heavy (non-hydrogen) atoms. The minimum absolute atomic E-state index is 0.111. The van der Waals surface area contributed by atoms with E-state index in [0.29, 0.717) is 18.3 Å². The van der Waals surface area contributed by atoms with Gasteiger partial charge in [-0.1, -0.05) is 23.5 Å². The molecule has 1 fully saturated rings. The second-order valence-electron chi connectivity index (χ2n) is 5.16. The standard InChI is InChI=1S/C15H13F3N2O2S/c16-9-15(17,18)11-3-1-10(2-4-11)13(21)20-7-12(8-20)22-14-19-5-6-23-14/h1-6,12H,7-9H2. The van der Waals surface area contributed by atoms with E-state index in [9.17, 15) is 18.0 Å². The smallest absolute Gasteiger partial charge is 0.301 e. The maximum absolute atomic E-state index is 13.2. The Morgan fingerprint density at radius 1 is 1.35 bits per heavy atom. The minimum atomic E-state index is -3.52. The molecule has 1 aromatic heterocycles. The van der Waals surface area contributed by atoms with Crippen molar-refractivity contribution in [2.45, 2.75) is 12.0 Å². The van der Waals surface area contributed by atoms with Gasteiger partial charge in [-0.25, -0.2) is 9.37 Å². The summed E-state index contributed by atoms with van der Waals surface area (Å²) < 4.78 is 44.2. The summed E-state index contributed by atoms with van der Waals surface area (Å²) >= 11 is 1.37. The summed E-state index contributed by atoms with van der Waals surface area (Å²) in [4.78, 5) is 17.8. The zero-order chi connectivity index (χ0) is 16.4. The number of hydrogen-bond donors (Lipinski definition) is 0. The van der Waals surface area contributed by atoms with Crippen molar-refractivity contribution in [3.05, 3.63) is 47.0 Å². The zero-order valence-electron chi connectivity index (χ0n) is 11.9. The molecule has 4 nitrogen and oxygen atoms in total. The average Bonchev–Trinajstić information content (AvgIpc) is 3.03. The number of nitrogens with zero attached hydrogens (tertiary/aromatic N) is 2. The Morgan fingerprint density at radius 3 is 2.61 bits per heavy atom. The highest BCUT2D eigenvalue weighted by Gasteiger charge is 2.34. The molecule has 3 rings (SSSR count). The predicted molar refractivity (Wildman–Crippen MR) is 78.7 cm³/mol. The van der Waals surface area contributed by atoms with Gasteiger partial charge in [0.25, 0.3) is 11.1 Å². The van der Waals surface area contributed by atoms with E-state index in [1.165, 1.54) is 23.5 Å².